The molecule has 1 heterocycles. The van der Waals surface area contributed by atoms with Crippen LogP contribution >= 0.6 is 0 Å². The Bertz CT molecular complexity index is 1120. The van der Waals surface area contributed by atoms with Gasteiger partial charge in [-0.15, -0.1) is 0 Å². The highest BCUT2D eigenvalue weighted by Crippen LogP contribution is 2.33. The highest BCUT2D eigenvalue weighted by molar-refractivity contribution is 5.78. The zero-order valence-electron chi connectivity index (χ0n) is 28.3. The summed E-state index contributed by atoms with van der Waals surface area (Å²) in [5.74, 6) is 2.26. The number of piperidine rings is 1. The van der Waals surface area contributed by atoms with Gasteiger partial charge >= 0.3 is 0 Å². The van der Waals surface area contributed by atoms with Crippen molar-refractivity contribution in [2.45, 2.75) is 82.6 Å². The minimum absolute atomic E-state index is 0.0135. The van der Waals surface area contributed by atoms with E-state index in [-0.39, 0.29) is 18.1 Å². The first-order chi connectivity index (χ1) is 22.5. The largest absolute Gasteiger partial charge is 0.497 e. The Labute approximate surface area is 276 Å². The summed E-state index contributed by atoms with van der Waals surface area (Å²) in [5, 5.41) is 18.0. The van der Waals surface area contributed by atoms with Crippen LogP contribution in [0.25, 0.3) is 0 Å². The summed E-state index contributed by atoms with van der Waals surface area (Å²) in [6.45, 7) is 4.27. The molecule has 0 aromatic heterocycles. The first kappa shape index (κ1) is 36.2. The number of aliphatic hydroxyl groups excluding tert-OH is 1. The normalized spacial score (nSPS) is 19.7. The van der Waals surface area contributed by atoms with Gasteiger partial charge in [-0.25, -0.2) is 0 Å². The summed E-state index contributed by atoms with van der Waals surface area (Å²) in [5.41, 5.74) is 2.19. The number of amides is 1. The number of hydrogen-bond donors (Lipinski definition) is 3. The van der Waals surface area contributed by atoms with Crippen LogP contribution in [-0.2, 0) is 20.8 Å². The van der Waals surface area contributed by atoms with Gasteiger partial charge in [-0.3, -0.25) is 9.69 Å². The Morgan fingerprint density at radius 1 is 0.957 bits per heavy atom. The quantitative estimate of drug-likeness (QED) is 0.182. The van der Waals surface area contributed by atoms with Gasteiger partial charge in [-0.2, -0.15) is 0 Å². The lowest BCUT2D eigenvalue weighted by Crippen LogP contribution is -2.52. The molecule has 2 aromatic carbocycles. The molecule has 1 saturated heterocycles. The first-order valence-electron chi connectivity index (χ1n) is 17.3. The molecule has 1 aliphatic heterocycles. The first-order valence-corrected chi connectivity index (χ1v) is 17.3. The molecule has 1 amide bonds. The third kappa shape index (κ3) is 11.8. The topological polar surface area (TPSA) is 102 Å². The fourth-order valence-electron chi connectivity index (χ4n) is 7.07. The average molecular weight is 640 g/mol. The van der Waals surface area contributed by atoms with E-state index < -0.39 is 6.10 Å². The molecular weight excluding hydrogens is 582 g/mol. The molecule has 1 aliphatic carbocycles. The molecule has 46 heavy (non-hydrogen) atoms. The molecule has 2 fully saturated rings. The Morgan fingerprint density at radius 3 is 2.39 bits per heavy atom. The van der Waals surface area contributed by atoms with Crippen LogP contribution in [0.4, 0.5) is 0 Å². The van der Waals surface area contributed by atoms with Crippen molar-refractivity contribution in [1.29, 1.82) is 0 Å². The lowest BCUT2D eigenvalue weighted by Gasteiger charge is -2.37. The van der Waals surface area contributed by atoms with Crippen LogP contribution < -0.4 is 20.1 Å². The van der Waals surface area contributed by atoms with Crippen molar-refractivity contribution in [1.82, 2.24) is 15.5 Å². The molecule has 9 nitrogen and oxygen atoms in total. The molecule has 0 radical (unpaired) electrons. The second-order valence-electron chi connectivity index (χ2n) is 13.0. The number of aliphatic hydroxyl groups is 1. The van der Waals surface area contributed by atoms with Gasteiger partial charge in [-0.05, 0) is 61.4 Å². The molecular formula is C37H57N3O6. The minimum atomic E-state index is -0.699. The van der Waals surface area contributed by atoms with E-state index in [1.54, 1.807) is 21.3 Å². The molecule has 0 bridgehead atoms. The highest BCUT2D eigenvalue weighted by atomic mass is 16.5. The maximum atomic E-state index is 13.5. The zero-order valence-corrected chi connectivity index (χ0v) is 28.3. The number of carbonyl (C=O) groups excluding carboxylic acids is 1. The van der Waals surface area contributed by atoms with E-state index in [1.165, 1.54) is 24.8 Å². The number of likely N-dealkylation sites (tertiary alicyclic amines) is 1. The number of nitrogens with one attached hydrogen (secondary N) is 2. The summed E-state index contributed by atoms with van der Waals surface area (Å²) in [6, 6.07) is 15.9. The predicted molar refractivity (Wildman–Crippen MR) is 181 cm³/mol. The molecule has 4 atom stereocenters. The van der Waals surface area contributed by atoms with E-state index in [0.29, 0.717) is 44.7 Å². The Morgan fingerprint density at radius 2 is 1.70 bits per heavy atom. The average Bonchev–Trinajstić information content (AvgIpc) is 3.08. The number of nitrogens with zero attached hydrogens (tertiary/aromatic N) is 1. The van der Waals surface area contributed by atoms with Crippen molar-refractivity contribution in [2.24, 2.45) is 11.8 Å². The van der Waals surface area contributed by atoms with Crippen LogP contribution in [0.2, 0.25) is 0 Å². The van der Waals surface area contributed by atoms with Crippen LogP contribution in [0.15, 0.2) is 48.5 Å². The molecule has 256 valence electrons. The molecule has 2 aromatic rings. The smallest absolute Gasteiger partial charge is 0.234 e. The number of hydrogen-bond acceptors (Lipinski definition) is 8. The Hall–Kier alpha value is -2.69. The van der Waals surface area contributed by atoms with E-state index in [9.17, 15) is 9.90 Å². The van der Waals surface area contributed by atoms with Crippen LogP contribution in [0.1, 0.15) is 75.0 Å². The third-order valence-corrected chi connectivity index (χ3v) is 9.47. The minimum Gasteiger partial charge on any atom is -0.497 e. The van der Waals surface area contributed by atoms with Crippen molar-refractivity contribution >= 4 is 5.91 Å². The van der Waals surface area contributed by atoms with E-state index in [1.807, 2.05) is 24.3 Å². The van der Waals surface area contributed by atoms with Crippen molar-refractivity contribution in [3.05, 3.63) is 59.7 Å². The number of methoxy groups -OCH3 is 3. The fraction of sp³-hybridized carbons (Fsp3) is 0.649. The number of rotatable bonds is 19. The Kier molecular flexibility index (Phi) is 15.6. The second kappa shape index (κ2) is 19.9. The number of ether oxygens (including phenoxy) is 4. The van der Waals surface area contributed by atoms with E-state index in [4.69, 9.17) is 18.9 Å². The van der Waals surface area contributed by atoms with Gasteiger partial charge in [0, 0.05) is 51.9 Å². The van der Waals surface area contributed by atoms with Gasteiger partial charge < -0.3 is 34.7 Å². The van der Waals surface area contributed by atoms with Gasteiger partial charge in [-0.1, -0.05) is 62.4 Å². The molecule has 4 rings (SSSR count). The van der Waals surface area contributed by atoms with Gasteiger partial charge in [0.2, 0.25) is 5.91 Å². The maximum Gasteiger partial charge on any atom is 0.234 e. The lowest BCUT2D eigenvalue weighted by atomic mass is 9.83. The summed E-state index contributed by atoms with van der Waals surface area (Å²) < 4.78 is 22.5. The summed E-state index contributed by atoms with van der Waals surface area (Å²) in [6.07, 6.45) is 9.08. The molecule has 2 aliphatic rings. The number of carbonyl (C=O) groups is 1. The summed E-state index contributed by atoms with van der Waals surface area (Å²) >= 11 is 0. The third-order valence-electron chi connectivity index (χ3n) is 9.47. The highest BCUT2D eigenvalue weighted by Gasteiger charge is 2.31. The molecule has 3 N–H and O–H groups in total. The van der Waals surface area contributed by atoms with Crippen LogP contribution in [0, 0.1) is 11.8 Å². The summed E-state index contributed by atoms with van der Waals surface area (Å²) in [7, 11) is 4.99. The molecule has 0 spiro atoms. The van der Waals surface area contributed by atoms with Gasteiger partial charge in [0.1, 0.15) is 11.5 Å². The standard InChI is InChI=1S/C37H57N3O6/c1-43-18-11-19-46-37(30-14-8-5-9-15-30)31-16-10-17-40(26-31)27-36(42)39-34(22-28-12-6-4-7-13-28)35(41)25-38-24-29-20-32(44-2)23-33(21-29)45-3/h5,8-9,14-15,20-21,23,28,31,34-35,37-38,41H,4,6-7,10-13,16-19,22,24-27H2,1-3H3,(H,39,42)/t31-,34+,35+,37?/m1/s1. The number of benzene rings is 2. The SMILES string of the molecule is COCCCOC(c1ccccc1)[C@@H]1CCCN(CC(=O)N[C@@H](CC2CCCCC2)[C@@H](O)CNCc2cc(OC)cc(OC)c2)C1. The molecule has 9 heteroatoms. The van der Waals surface area contributed by atoms with Crippen molar-refractivity contribution in [3.63, 3.8) is 0 Å². The van der Waals surface area contributed by atoms with Gasteiger partial charge in [0.15, 0.2) is 0 Å². The van der Waals surface area contributed by atoms with E-state index >= 15 is 0 Å². The van der Waals surface area contributed by atoms with Gasteiger partial charge in [0.05, 0.1) is 39.0 Å². The van der Waals surface area contributed by atoms with Crippen LogP contribution in [0.3, 0.4) is 0 Å². The van der Waals surface area contributed by atoms with E-state index in [0.717, 1.165) is 68.7 Å². The zero-order chi connectivity index (χ0) is 32.6. The van der Waals surface area contributed by atoms with E-state index in [2.05, 4.69) is 39.8 Å². The maximum absolute atomic E-state index is 13.5. The molecule has 1 unspecified atom stereocenters. The summed E-state index contributed by atoms with van der Waals surface area (Å²) in [4.78, 5) is 15.8. The van der Waals surface area contributed by atoms with Crippen molar-refractivity contribution < 1.29 is 28.8 Å². The van der Waals surface area contributed by atoms with Crippen molar-refractivity contribution in [2.75, 3.05) is 60.7 Å². The lowest BCUT2D eigenvalue weighted by molar-refractivity contribution is -0.125. The van der Waals surface area contributed by atoms with Gasteiger partial charge in [0.25, 0.3) is 0 Å². The van der Waals surface area contributed by atoms with Crippen molar-refractivity contribution in [3.8, 4) is 11.5 Å². The second-order valence-corrected chi connectivity index (χ2v) is 13.0. The monoisotopic (exact) mass is 639 g/mol. The predicted octanol–water partition coefficient (Wildman–Crippen LogP) is 5.12. The molecule has 1 saturated carbocycles. The Balaban J connectivity index is 1.34. The fourth-order valence-corrected chi connectivity index (χ4v) is 7.07. The van der Waals surface area contributed by atoms with Crippen LogP contribution in [0.5, 0.6) is 11.5 Å². The van der Waals surface area contributed by atoms with Crippen LogP contribution in [-0.4, -0.2) is 88.8 Å².